The number of nitrogens with zero attached hydrogens (tertiary/aromatic N) is 2. The maximum atomic E-state index is 13.9. The standard InChI is InChI=1S/C29H24FN3O4/c1-28-12-13-29(37-28,14-15-32-25(34)17-6-9-19(30)10-7-17)24-23(28)26(35)33(27(24)36)22-11-8-18(16-31)20-4-2-3-5-21(20)22/h2-11,23-24H,12-15H2,1H3,(H,32,34)/t23-,24+,28?,29?/m1/s1. The second-order valence-electron chi connectivity index (χ2n) is 10.2. The first-order chi connectivity index (χ1) is 17.8. The lowest BCUT2D eigenvalue weighted by Crippen LogP contribution is -2.44. The average Bonchev–Trinajstić information content (AvgIpc) is 3.48. The molecule has 3 heterocycles. The first kappa shape index (κ1) is 23.3. The predicted molar refractivity (Wildman–Crippen MR) is 133 cm³/mol. The topological polar surface area (TPSA) is 99.5 Å². The van der Waals surface area contributed by atoms with Gasteiger partial charge in [-0.3, -0.25) is 14.4 Å². The van der Waals surface area contributed by atoms with Crippen molar-refractivity contribution in [3.8, 4) is 6.07 Å². The van der Waals surface area contributed by atoms with Crippen LogP contribution >= 0.6 is 0 Å². The molecular formula is C29H24FN3O4. The highest BCUT2D eigenvalue weighted by molar-refractivity contribution is 6.26. The smallest absolute Gasteiger partial charge is 0.251 e. The molecule has 1 N–H and O–H groups in total. The van der Waals surface area contributed by atoms with Crippen molar-refractivity contribution in [2.75, 3.05) is 11.4 Å². The van der Waals surface area contributed by atoms with E-state index in [4.69, 9.17) is 4.74 Å². The van der Waals surface area contributed by atoms with Gasteiger partial charge in [0.15, 0.2) is 0 Å². The summed E-state index contributed by atoms with van der Waals surface area (Å²) in [6.07, 6.45) is 1.62. The SMILES string of the molecule is CC12CCC(CCNC(=O)c3ccc(F)cc3)(O1)[C@@H]1C(=O)N(c3ccc(C#N)c4ccccc34)C(=O)[C@@H]12. The Labute approximate surface area is 212 Å². The van der Waals surface area contributed by atoms with Gasteiger partial charge in [-0.25, -0.2) is 9.29 Å². The number of nitriles is 1. The quantitative estimate of drug-likeness (QED) is 0.535. The van der Waals surface area contributed by atoms with E-state index in [1.54, 1.807) is 12.1 Å². The Bertz CT molecular complexity index is 1510. The number of nitrogens with one attached hydrogen (secondary N) is 1. The highest BCUT2D eigenvalue weighted by Gasteiger charge is 2.73. The number of imide groups is 1. The molecule has 3 saturated heterocycles. The van der Waals surface area contributed by atoms with Crippen molar-refractivity contribution in [2.24, 2.45) is 11.8 Å². The van der Waals surface area contributed by atoms with E-state index in [9.17, 15) is 24.0 Å². The molecule has 0 aliphatic carbocycles. The lowest BCUT2D eigenvalue weighted by molar-refractivity contribution is -0.130. The van der Waals surface area contributed by atoms with Crippen LogP contribution in [-0.2, 0) is 14.3 Å². The molecule has 0 saturated carbocycles. The number of fused-ring (bicyclic) bond motifs is 6. The Morgan fingerprint density at radius 3 is 2.49 bits per heavy atom. The van der Waals surface area contributed by atoms with Crippen LogP contribution in [0.2, 0.25) is 0 Å². The first-order valence-electron chi connectivity index (χ1n) is 12.3. The fourth-order valence-electron chi connectivity index (χ4n) is 6.51. The Kier molecular flexibility index (Phi) is 5.18. The Morgan fingerprint density at radius 2 is 1.76 bits per heavy atom. The van der Waals surface area contributed by atoms with Crippen LogP contribution in [0.25, 0.3) is 10.8 Å². The van der Waals surface area contributed by atoms with Crippen molar-refractivity contribution in [2.45, 2.75) is 37.4 Å². The van der Waals surface area contributed by atoms with Crippen LogP contribution in [0.1, 0.15) is 42.1 Å². The minimum atomic E-state index is -0.862. The van der Waals surface area contributed by atoms with Crippen LogP contribution in [0.4, 0.5) is 10.1 Å². The molecule has 186 valence electrons. The van der Waals surface area contributed by atoms with Gasteiger partial charge >= 0.3 is 0 Å². The summed E-state index contributed by atoms with van der Waals surface area (Å²) in [5, 5.41) is 13.7. The number of anilines is 1. The second kappa shape index (κ2) is 8.22. The number of carbonyl (C=O) groups is 3. The number of ether oxygens (including phenoxy) is 1. The third-order valence-electron chi connectivity index (χ3n) is 8.21. The minimum absolute atomic E-state index is 0.247. The van der Waals surface area contributed by atoms with Gasteiger partial charge in [0, 0.05) is 22.9 Å². The zero-order valence-corrected chi connectivity index (χ0v) is 20.2. The van der Waals surface area contributed by atoms with Crippen molar-refractivity contribution in [1.82, 2.24) is 5.32 Å². The largest absolute Gasteiger partial charge is 0.367 e. The number of hydrogen-bond acceptors (Lipinski definition) is 5. The van der Waals surface area contributed by atoms with E-state index in [-0.39, 0.29) is 24.3 Å². The third kappa shape index (κ3) is 3.38. The summed E-state index contributed by atoms with van der Waals surface area (Å²) in [5.74, 6) is -2.63. The number of halogens is 1. The molecule has 2 bridgehead atoms. The van der Waals surface area contributed by atoms with E-state index in [0.29, 0.717) is 46.8 Å². The van der Waals surface area contributed by atoms with Crippen molar-refractivity contribution < 1.29 is 23.5 Å². The highest BCUT2D eigenvalue weighted by Crippen LogP contribution is 2.62. The molecule has 8 heteroatoms. The van der Waals surface area contributed by atoms with Gasteiger partial charge in [-0.1, -0.05) is 24.3 Å². The van der Waals surface area contributed by atoms with Gasteiger partial charge in [-0.2, -0.15) is 5.26 Å². The molecule has 3 fully saturated rings. The van der Waals surface area contributed by atoms with Crippen LogP contribution in [0, 0.1) is 29.0 Å². The van der Waals surface area contributed by atoms with Crippen LogP contribution in [0.15, 0.2) is 60.7 Å². The monoisotopic (exact) mass is 497 g/mol. The molecule has 37 heavy (non-hydrogen) atoms. The minimum Gasteiger partial charge on any atom is -0.367 e. The van der Waals surface area contributed by atoms with Gasteiger partial charge in [0.1, 0.15) is 5.82 Å². The lowest BCUT2D eigenvalue weighted by Gasteiger charge is -2.31. The summed E-state index contributed by atoms with van der Waals surface area (Å²) in [6, 6.07) is 18.0. The maximum absolute atomic E-state index is 13.9. The molecule has 4 atom stereocenters. The number of hydrogen-bond donors (Lipinski definition) is 1. The van der Waals surface area contributed by atoms with Crippen LogP contribution in [0.3, 0.4) is 0 Å². The van der Waals surface area contributed by atoms with E-state index < -0.39 is 28.9 Å². The summed E-state index contributed by atoms with van der Waals surface area (Å²) < 4.78 is 19.6. The van der Waals surface area contributed by atoms with E-state index in [0.717, 1.165) is 0 Å². The summed E-state index contributed by atoms with van der Waals surface area (Å²) in [6.45, 7) is 2.14. The normalized spacial score (nSPS) is 28.0. The lowest BCUT2D eigenvalue weighted by atomic mass is 9.67. The number of amides is 3. The molecule has 0 radical (unpaired) electrons. The molecule has 3 amide bonds. The van der Waals surface area contributed by atoms with Gasteiger partial charge in [-0.05, 0) is 62.6 Å². The van der Waals surface area contributed by atoms with Crippen LogP contribution < -0.4 is 10.2 Å². The molecular weight excluding hydrogens is 473 g/mol. The van der Waals surface area contributed by atoms with E-state index in [1.807, 2.05) is 31.2 Å². The molecule has 3 aliphatic heterocycles. The van der Waals surface area contributed by atoms with Crippen LogP contribution in [-0.4, -0.2) is 35.5 Å². The number of rotatable bonds is 5. The molecule has 0 aromatic heterocycles. The van der Waals surface area contributed by atoms with Gasteiger partial charge in [0.25, 0.3) is 5.91 Å². The molecule has 2 unspecified atom stereocenters. The van der Waals surface area contributed by atoms with Crippen molar-refractivity contribution in [1.29, 1.82) is 5.26 Å². The third-order valence-corrected chi connectivity index (χ3v) is 8.21. The molecule has 0 spiro atoms. The molecule has 3 aromatic carbocycles. The number of benzene rings is 3. The van der Waals surface area contributed by atoms with Crippen molar-refractivity contribution in [3.63, 3.8) is 0 Å². The Balaban J connectivity index is 1.29. The molecule has 6 rings (SSSR count). The van der Waals surface area contributed by atoms with Crippen LogP contribution in [0.5, 0.6) is 0 Å². The summed E-state index contributed by atoms with van der Waals surface area (Å²) >= 11 is 0. The first-order valence-corrected chi connectivity index (χ1v) is 12.3. The summed E-state index contributed by atoms with van der Waals surface area (Å²) in [7, 11) is 0. The van der Waals surface area contributed by atoms with E-state index in [2.05, 4.69) is 11.4 Å². The Hall–Kier alpha value is -4.09. The number of carbonyl (C=O) groups excluding carboxylic acids is 3. The molecule has 3 aliphatic rings. The summed E-state index contributed by atoms with van der Waals surface area (Å²) in [4.78, 5) is 41.5. The fourth-order valence-corrected chi connectivity index (χ4v) is 6.51. The second-order valence-corrected chi connectivity index (χ2v) is 10.2. The average molecular weight is 498 g/mol. The summed E-state index contributed by atoms with van der Waals surface area (Å²) in [5.41, 5.74) is -0.343. The zero-order chi connectivity index (χ0) is 25.9. The van der Waals surface area contributed by atoms with Crippen molar-refractivity contribution >= 4 is 34.2 Å². The molecule has 7 nitrogen and oxygen atoms in total. The molecule has 3 aromatic rings. The zero-order valence-electron chi connectivity index (χ0n) is 20.2. The maximum Gasteiger partial charge on any atom is 0.251 e. The van der Waals surface area contributed by atoms with Crippen molar-refractivity contribution in [3.05, 3.63) is 77.6 Å². The van der Waals surface area contributed by atoms with E-state index >= 15 is 0 Å². The van der Waals surface area contributed by atoms with Gasteiger partial charge in [0.05, 0.1) is 40.4 Å². The van der Waals surface area contributed by atoms with E-state index in [1.165, 1.54) is 29.2 Å². The fraction of sp³-hybridized carbons (Fsp3) is 0.310. The Morgan fingerprint density at radius 1 is 1.05 bits per heavy atom. The van der Waals surface area contributed by atoms with Gasteiger partial charge < -0.3 is 10.1 Å². The van der Waals surface area contributed by atoms with Gasteiger partial charge in [0.2, 0.25) is 11.8 Å². The highest BCUT2D eigenvalue weighted by atomic mass is 19.1. The predicted octanol–water partition coefficient (Wildman–Crippen LogP) is 4.10. The van der Waals surface area contributed by atoms with Gasteiger partial charge in [-0.15, -0.1) is 0 Å².